The monoisotopic (exact) mass is 238 g/mol. The van der Waals surface area contributed by atoms with Gasteiger partial charge in [-0.25, -0.2) is 4.68 Å². The minimum atomic E-state index is 0.810. The molecule has 0 unspecified atom stereocenters. The molecule has 1 aromatic heterocycles. The van der Waals surface area contributed by atoms with Gasteiger partial charge in [-0.15, -0.1) is 5.10 Å². The first-order valence-electron chi connectivity index (χ1n) is 5.93. The smallest absolute Gasteiger partial charge is 0.113 e. The molecule has 0 fully saturated rings. The third-order valence-electron chi connectivity index (χ3n) is 2.94. The lowest BCUT2D eigenvalue weighted by Crippen LogP contribution is -2.09. The highest BCUT2D eigenvalue weighted by molar-refractivity contribution is 5.76. The first kappa shape index (κ1) is 10.9. The third-order valence-corrected chi connectivity index (χ3v) is 2.94. The predicted octanol–water partition coefficient (Wildman–Crippen LogP) is 2.14. The van der Waals surface area contributed by atoms with Crippen LogP contribution in [0.15, 0.2) is 48.5 Å². The summed E-state index contributed by atoms with van der Waals surface area (Å²) in [6.07, 6.45) is 0. The van der Waals surface area contributed by atoms with Crippen LogP contribution in [-0.2, 0) is 6.54 Å². The Balaban J connectivity index is 2.20. The van der Waals surface area contributed by atoms with E-state index in [1.807, 2.05) is 48.1 Å². The maximum atomic E-state index is 4.25. The van der Waals surface area contributed by atoms with Crippen LogP contribution >= 0.6 is 0 Å². The van der Waals surface area contributed by atoms with E-state index in [0.717, 1.165) is 23.3 Å². The van der Waals surface area contributed by atoms with Crippen LogP contribution in [0.25, 0.3) is 16.7 Å². The van der Waals surface area contributed by atoms with Gasteiger partial charge in [0.1, 0.15) is 5.52 Å². The molecule has 0 radical (unpaired) electrons. The number of nitrogens with one attached hydrogen (secondary N) is 1. The number of fused-ring (bicyclic) bond motifs is 1. The lowest BCUT2D eigenvalue weighted by Gasteiger charge is -2.09. The van der Waals surface area contributed by atoms with Crippen LogP contribution in [0.4, 0.5) is 0 Å². The Kier molecular flexibility index (Phi) is 2.78. The van der Waals surface area contributed by atoms with Crippen LogP contribution in [0.3, 0.4) is 0 Å². The van der Waals surface area contributed by atoms with Crippen molar-refractivity contribution in [2.45, 2.75) is 6.54 Å². The van der Waals surface area contributed by atoms with E-state index in [1.54, 1.807) is 0 Å². The molecule has 0 aliphatic rings. The molecular formula is C14H14N4. The van der Waals surface area contributed by atoms with Gasteiger partial charge in [0.15, 0.2) is 0 Å². The number of rotatable bonds is 3. The van der Waals surface area contributed by atoms with Gasteiger partial charge < -0.3 is 5.32 Å². The number of nitrogens with zero attached hydrogens (tertiary/aromatic N) is 3. The van der Waals surface area contributed by atoms with Gasteiger partial charge in [0.2, 0.25) is 0 Å². The van der Waals surface area contributed by atoms with Gasteiger partial charge in [-0.1, -0.05) is 35.5 Å². The van der Waals surface area contributed by atoms with E-state index < -0.39 is 0 Å². The predicted molar refractivity (Wildman–Crippen MR) is 71.6 cm³/mol. The molecule has 3 rings (SSSR count). The van der Waals surface area contributed by atoms with E-state index in [0.29, 0.717) is 0 Å². The van der Waals surface area contributed by atoms with Crippen molar-refractivity contribution in [2.24, 2.45) is 0 Å². The Labute approximate surface area is 105 Å². The highest BCUT2D eigenvalue weighted by atomic mass is 15.4. The van der Waals surface area contributed by atoms with Gasteiger partial charge in [0, 0.05) is 6.54 Å². The summed E-state index contributed by atoms with van der Waals surface area (Å²) in [4.78, 5) is 0. The average Bonchev–Trinajstić information content (AvgIpc) is 2.84. The quantitative estimate of drug-likeness (QED) is 0.760. The molecule has 0 saturated carbocycles. The van der Waals surface area contributed by atoms with Crippen molar-refractivity contribution in [3.63, 3.8) is 0 Å². The van der Waals surface area contributed by atoms with Crippen LogP contribution in [0, 0.1) is 0 Å². The second-order valence-electron chi connectivity index (χ2n) is 4.15. The van der Waals surface area contributed by atoms with Gasteiger partial charge >= 0.3 is 0 Å². The molecule has 0 spiro atoms. The van der Waals surface area contributed by atoms with Crippen LogP contribution in [0.1, 0.15) is 5.56 Å². The summed E-state index contributed by atoms with van der Waals surface area (Å²) < 4.78 is 1.89. The van der Waals surface area contributed by atoms with Gasteiger partial charge in [-0.2, -0.15) is 0 Å². The minimum absolute atomic E-state index is 0.810. The molecule has 4 nitrogen and oxygen atoms in total. The summed E-state index contributed by atoms with van der Waals surface area (Å²) >= 11 is 0. The summed E-state index contributed by atoms with van der Waals surface area (Å²) in [6.45, 7) is 0.810. The molecule has 0 aliphatic heterocycles. The van der Waals surface area contributed by atoms with Gasteiger partial charge in [0.05, 0.1) is 11.2 Å². The molecule has 90 valence electrons. The summed E-state index contributed by atoms with van der Waals surface area (Å²) in [5, 5.41) is 11.6. The van der Waals surface area contributed by atoms with Crippen molar-refractivity contribution in [2.75, 3.05) is 7.05 Å². The molecule has 3 aromatic rings. The van der Waals surface area contributed by atoms with Gasteiger partial charge in [-0.3, -0.25) is 0 Å². The van der Waals surface area contributed by atoms with Crippen molar-refractivity contribution in [3.05, 3.63) is 54.1 Å². The molecule has 18 heavy (non-hydrogen) atoms. The van der Waals surface area contributed by atoms with E-state index in [4.69, 9.17) is 0 Å². The first-order valence-corrected chi connectivity index (χ1v) is 5.93. The fraction of sp³-hybridized carbons (Fsp3) is 0.143. The molecule has 0 amide bonds. The van der Waals surface area contributed by atoms with E-state index in [-0.39, 0.29) is 0 Å². The van der Waals surface area contributed by atoms with Crippen molar-refractivity contribution in [3.8, 4) is 5.69 Å². The number of hydrogen-bond donors (Lipinski definition) is 1. The normalized spacial score (nSPS) is 10.9. The molecule has 0 saturated heterocycles. The zero-order valence-corrected chi connectivity index (χ0v) is 10.2. The van der Waals surface area contributed by atoms with Gasteiger partial charge in [0.25, 0.3) is 0 Å². The summed E-state index contributed by atoms with van der Waals surface area (Å²) in [5.74, 6) is 0. The third kappa shape index (κ3) is 1.76. The molecule has 0 atom stereocenters. The van der Waals surface area contributed by atoms with Crippen LogP contribution in [-0.4, -0.2) is 22.0 Å². The summed E-state index contributed by atoms with van der Waals surface area (Å²) in [7, 11) is 1.94. The van der Waals surface area contributed by atoms with Crippen molar-refractivity contribution in [1.29, 1.82) is 0 Å². The van der Waals surface area contributed by atoms with Crippen molar-refractivity contribution >= 4 is 11.0 Å². The fourth-order valence-electron chi connectivity index (χ4n) is 2.10. The molecule has 1 N–H and O–H groups in total. The SMILES string of the molecule is CNCc1ccccc1-n1nnc2ccccc21. The number of benzene rings is 2. The largest absolute Gasteiger partial charge is 0.316 e. The Morgan fingerprint density at radius 2 is 1.83 bits per heavy atom. The first-order chi connectivity index (χ1) is 8.90. The van der Waals surface area contributed by atoms with Crippen LogP contribution in [0.5, 0.6) is 0 Å². The number of hydrogen-bond acceptors (Lipinski definition) is 3. The number of aromatic nitrogens is 3. The lowest BCUT2D eigenvalue weighted by atomic mass is 10.1. The second-order valence-corrected chi connectivity index (χ2v) is 4.15. The van der Waals surface area contributed by atoms with Gasteiger partial charge in [-0.05, 0) is 30.8 Å². The Morgan fingerprint density at radius 1 is 1.06 bits per heavy atom. The van der Waals surface area contributed by atoms with E-state index in [2.05, 4.69) is 27.8 Å². The molecular weight excluding hydrogens is 224 g/mol. The average molecular weight is 238 g/mol. The zero-order chi connectivity index (χ0) is 12.4. The standard InChI is InChI=1S/C14H14N4/c1-15-10-11-6-2-4-8-13(11)18-14-9-5-3-7-12(14)16-17-18/h2-9,15H,10H2,1H3. The molecule has 1 heterocycles. The highest BCUT2D eigenvalue weighted by Crippen LogP contribution is 2.19. The topological polar surface area (TPSA) is 42.7 Å². The molecule has 4 heteroatoms. The maximum Gasteiger partial charge on any atom is 0.113 e. The van der Waals surface area contributed by atoms with E-state index in [9.17, 15) is 0 Å². The van der Waals surface area contributed by atoms with Crippen molar-refractivity contribution in [1.82, 2.24) is 20.3 Å². The summed E-state index contributed by atoms with van der Waals surface area (Å²) in [6, 6.07) is 16.2. The Hall–Kier alpha value is -2.20. The Bertz CT molecular complexity index is 672. The fourth-order valence-corrected chi connectivity index (χ4v) is 2.10. The highest BCUT2D eigenvalue weighted by Gasteiger charge is 2.08. The summed E-state index contributed by atoms with van der Waals surface area (Å²) in [5.41, 5.74) is 4.22. The van der Waals surface area contributed by atoms with Crippen LogP contribution in [0.2, 0.25) is 0 Å². The maximum absolute atomic E-state index is 4.25. The van der Waals surface area contributed by atoms with Crippen molar-refractivity contribution < 1.29 is 0 Å². The minimum Gasteiger partial charge on any atom is -0.316 e. The zero-order valence-electron chi connectivity index (χ0n) is 10.2. The second kappa shape index (κ2) is 4.58. The number of para-hydroxylation sites is 2. The van der Waals surface area contributed by atoms with E-state index >= 15 is 0 Å². The van der Waals surface area contributed by atoms with Crippen LogP contribution < -0.4 is 5.32 Å². The van der Waals surface area contributed by atoms with E-state index in [1.165, 1.54) is 5.56 Å². The Morgan fingerprint density at radius 3 is 2.72 bits per heavy atom. The molecule has 2 aromatic carbocycles. The molecule has 0 bridgehead atoms. The lowest BCUT2D eigenvalue weighted by molar-refractivity contribution is 0.775. The molecule has 0 aliphatic carbocycles.